The molecule has 3 N–H and O–H groups in total. The average molecular weight is 425 g/mol. The van der Waals surface area contributed by atoms with E-state index in [4.69, 9.17) is 0 Å². The van der Waals surface area contributed by atoms with Gasteiger partial charge in [0.25, 0.3) is 5.91 Å². The highest BCUT2D eigenvalue weighted by molar-refractivity contribution is 6.05. The third-order valence-corrected chi connectivity index (χ3v) is 5.70. The van der Waals surface area contributed by atoms with Gasteiger partial charge in [-0.3, -0.25) is 9.89 Å². The van der Waals surface area contributed by atoms with Gasteiger partial charge in [-0.2, -0.15) is 9.49 Å². The molecule has 0 aliphatic carbocycles. The van der Waals surface area contributed by atoms with Crippen LogP contribution in [0.25, 0.3) is 22.0 Å². The van der Waals surface area contributed by atoms with E-state index in [0.717, 1.165) is 0 Å². The first-order chi connectivity index (χ1) is 14.7. The van der Waals surface area contributed by atoms with Crippen LogP contribution in [0.2, 0.25) is 0 Å². The molecule has 1 saturated heterocycles. The van der Waals surface area contributed by atoms with Crippen LogP contribution in [-0.2, 0) is 0 Å². The second kappa shape index (κ2) is 7.64. The van der Waals surface area contributed by atoms with E-state index in [-0.39, 0.29) is 23.2 Å². The van der Waals surface area contributed by atoms with Gasteiger partial charge in [-0.1, -0.05) is 26.8 Å². The van der Waals surface area contributed by atoms with Crippen LogP contribution in [0.15, 0.2) is 36.5 Å². The minimum absolute atomic E-state index is 0.183. The zero-order valence-corrected chi connectivity index (χ0v) is 17.5. The van der Waals surface area contributed by atoms with Crippen molar-refractivity contribution in [3.05, 3.63) is 48.2 Å². The molecular formula is C22H24FN5O3. The molecule has 2 aromatic heterocycles. The zero-order chi connectivity index (χ0) is 22.3. The number of hydrogen-bond acceptors (Lipinski definition) is 4. The molecule has 0 spiro atoms. The molecule has 2 atom stereocenters. The van der Waals surface area contributed by atoms with Crippen LogP contribution in [0.3, 0.4) is 0 Å². The van der Waals surface area contributed by atoms with Gasteiger partial charge < -0.3 is 15.3 Å². The van der Waals surface area contributed by atoms with Crippen molar-refractivity contribution in [2.75, 3.05) is 6.54 Å². The first-order valence-corrected chi connectivity index (χ1v) is 10.1. The summed E-state index contributed by atoms with van der Waals surface area (Å²) in [6.07, 6.45) is 0.904. The van der Waals surface area contributed by atoms with Gasteiger partial charge in [0.05, 0.1) is 17.6 Å². The second-order valence-corrected chi connectivity index (χ2v) is 8.83. The summed E-state index contributed by atoms with van der Waals surface area (Å²) in [6.45, 7) is 6.22. The maximum absolute atomic E-state index is 14.1. The van der Waals surface area contributed by atoms with Crippen molar-refractivity contribution in [2.24, 2.45) is 5.41 Å². The first kappa shape index (κ1) is 20.8. The van der Waals surface area contributed by atoms with Gasteiger partial charge in [-0.25, -0.2) is 9.78 Å². The minimum Gasteiger partial charge on any atom is -0.465 e. The van der Waals surface area contributed by atoms with E-state index in [1.807, 2.05) is 20.8 Å². The monoisotopic (exact) mass is 425 g/mol. The van der Waals surface area contributed by atoms with Crippen LogP contribution in [0.1, 0.15) is 37.7 Å². The number of carboxylic acid groups (broad SMARTS) is 1. The van der Waals surface area contributed by atoms with E-state index in [0.29, 0.717) is 35.0 Å². The number of nitrogens with one attached hydrogen (secondary N) is 2. The lowest BCUT2D eigenvalue weighted by Gasteiger charge is -2.37. The molecule has 3 aromatic rings. The van der Waals surface area contributed by atoms with Gasteiger partial charge in [-0.15, -0.1) is 0 Å². The Hall–Kier alpha value is -3.49. The van der Waals surface area contributed by atoms with E-state index in [2.05, 4.69) is 20.5 Å². The summed E-state index contributed by atoms with van der Waals surface area (Å²) in [5.41, 5.74) is 1.38. The van der Waals surface area contributed by atoms with Crippen molar-refractivity contribution in [2.45, 2.75) is 39.3 Å². The first-order valence-electron chi connectivity index (χ1n) is 10.1. The number of aromatic amines is 1. The fraction of sp³-hybridized carbons (Fsp3) is 0.364. The Morgan fingerprint density at radius 1 is 1.29 bits per heavy atom. The summed E-state index contributed by atoms with van der Waals surface area (Å²) >= 11 is 0. The number of H-pyrrole nitrogens is 1. The number of amides is 2. The molecule has 2 unspecified atom stereocenters. The molecule has 162 valence electrons. The Morgan fingerprint density at radius 2 is 2.06 bits per heavy atom. The molecule has 1 fully saturated rings. The van der Waals surface area contributed by atoms with Crippen LogP contribution >= 0.6 is 0 Å². The van der Waals surface area contributed by atoms with E-state index < -0.39 is 17.9 Å². The van der Waals surface area contributed by atoms with Crippen LogP contribution < -0.4 is 5.32 Å². The molecule has 1 aliphatic rings. The highest BCUT2D eigenvalue weighted by Gasteiger charge is 2.44. The molecule has 8 nitrogen and oxygen atoms in total. The molecule has 31 heavy (non-hydrogen) atoms. The van der Waals surface area contributed by atoms with Gasteiger partial charge in [0.2, 0.25) is 5.95 Å². The van der Waals surface area contributed by atoms with Gasteiger partial charge >= 0.3 is 6.09 Å². The maximum Gasteiger partial charge on any atom is 0.407 e. The van der Waals surface area contributed by atoms with Crippen molar-refractivity contribution in [3.8, 4) is 11.1 Å². The summed E-state index contributed by atoms with van der Waals surface area (Å²) < 4.78 is 14.1. The van der Waals surface area contributed by atoms with Crippen molar-refractivity contribution >= 4 is 22.9 Å². The molecular weight excluding hydrogens is 401 g/mol. The Balaban J connectivity index is 1.64. The molecule has 2 amide bonds. The van der Waals surface area contributed by atoms with Crippen LogP contribution in [-0.4, -0.2) is 55.8 Å². The number of carbonyl (C=O) groups excluding carboxylic acids is 1. The van der Waals surface area contributed by atoms with Gasteiger partial charge in [0, 0.05) is 23.7 Å². The minimum atomic E-state index is -0.995. The van der Waals surface area contributed by atoms with Crippen molar-refractivity contribution in [3.63, 3.8) is 0 Å². The van der Waals surface area contributed by atoms with Crippen LogP contribution in [0.4, 0.5) is 9.18 Å². The predicted octanol–water partition coefficient (Wildman–Crippen LogP) is 3.66. The van der Waals surface area contributed by atoms with E-state index in [1.165, 1.54) is 11.1 Å². The number of fused-ring (bicyclic) bond motifs is 1. The van der Waals surface area contributed by atoms with Gasteiger partial charge in [0.15, 0.2) is 5.69 Å². The van der Waals surface area contributed by atoms with Crippen molar-refractivity contribution in [1.29, 1.82) is 0 Å². The summed E-state index contributed by atoms with van der Waals surface area (Å²) in [6, 6.07) is 7.74. The quantitative estimate of drug-likeness (QED) is 0.555. The third-order valence-electron chi connectivity index (χ3n) is 5.70. The van der Waals surface area contributed by atoms with Gasteiger partial charge in [-0.05, 0) is 41.7 Å². The summed E-state index contributed by atoms with van der Waals surface area (Å²) in [7, 11) is 0. The van der Waals surface area contributed by atoms with Crippen LogP contribution in [0.5, 0.6) is 0 Å². The van der Waals surface area contributed by atoms with E-state index >= 15 is 0 Å². The number of pyridine rings is 1. The summed E-state index contributed by atoms with van der Waals surface area (Å²) in [4.78, 5) is 29.8. The predicted molar refractivity (Wildman–Crippen MR) is 113 cm³/mol. The number of benzene rings is 1. The standard InChI is InChI=1S/C22H24FN5O3/c1-22(2,3)18-16(8-10-28(18)21(30)31)25-20(29)17-14-11-12(6-7-15(14)26-27-17)13-5-4-9-24-19(13)23/h4-7,9,11,16,18H,8,10H2,1-3H3,(H,25,29)(H,26,27)(H,30,31). The maximum atomic E-state index is 14.1. The molecule has 0 bridgehead atoms. The molecule has 0 saturated carbocycles. The van der Waals surface area contributed by atoms with Crippen molar-refractivity contribution < 1.29 is 19.1 Å². The lowest BCUT2D eigenvalue weighted by molar-refractivity contribution is 0.0824. The number of rotatable bonds is 3. The zero-order valence-electron chi connectivity index (χ0n) is 17.5. The highest BCUT2D eigenvalue weighted by atomic mass is 19.1. The van der Waals surface area contributed by atoms with Crippen molar-refractivity contribution in [1.82, 2.24) is 25.4 Å². The molecule has 9 heteroatoms. The number of hydrogen-bond donors (Lipinski definition) is 3. The molecule has 4 rings (SSSR count). The molecule has 3 heterocycles. The third kappa shape index (κ3) is 3.83. The number of halogens is 1. The summed E-state index contributed by atoms with van der Waals surface area (Å²) in [5.74, 6) is -0.995. The molecule has 0 radical (unpaired) electrons. The second-order valence-electron chi connectivity index (χ2n) is 8.83. The normalized spacial score (nSPS) is 19.0. The van der Waals surface area contributed by atoms with E-state index in [9.17, 15) is 19.1 Å². The SMILES string of the molecule is CC(C)(C)C1C(NC(=O)c2n[nH]c3ccc(-c4cccnc4F)cc23)CCN1C(=O)O. The average Bonchev–Trinajstić information content (AvgIpc) is 3.32. The smallest absolute Gasteiger partial charge is 0.407 e. The van der Waals surface area contributed by atoms with Crippen LogP contribution in [0, 0.1) is 11.4 Å². The Morgan fingerprint density at radius 3 is 2.74 bits per heavy atom. The fourth-order valence-corrected chi connectivity index (χ4v) is 4.42. The largest absolute Gasteiger partial charge is 0.465 e. The Labute approximate surface area is 178 Å². The Kier molecular flexibility index (Phi) is 5.12. The lowest BCUT2D eigenvalue weighted by atomic mass is 9.82. The summed E-state index contributed by atoms with van der Waals surface area (Å²) in [5, 5.41) is 20.1. The Bertz CT molecular complexity index is 1150. The molecule has 1 aromatic carbocycles. The lowest BCUT2D eigenvalue weighted by Crippen LogP contribution is -2.52. The highest BCUT2D eigenvalue weighted by Crippen LogP contribution is 2.33. The fourth-order valence-electron chi connectivity index (χ4n) is 4.42. The topological polar surface area (TPSA) is 111 Å². The van der Waals surface area contributed by atoms with Gasteiger partial charge in [0.1, 0.15) is 0 Å². The molecule has 1 aliphatic heterocycles. The number of nitrogens with zero attached hydrogens (tertiary/aromatic N) is 3. The number of likely N-dealkylation sites (tertiary alicyclic amines) is 1. The number of aromatic nitrogens is 3. The van der Waals surface area contributed by atoms with E-state index in [1.54, 1.807) is 30.3 Å². The number of carbonyl (C=O) groups is 2.